The maximum Gasteiger partial charge on any atom is 0.127 e. The number of hydrogen-bond acceptors (Lipinski definition) is 1. The minimum absolute atomic E-state index is 0.0725. The second-order valence-corrected chi connectivity index (χ2v) is 5.12. The summed E-state index contributed by atoms with van der Waals surface area (Å²) >= 11 is 5.49. The van der Waals surface area contributed by atoms with Gasteiger partial charge in [-0.05, 0) is 6.42 Å². The first kappa shape index (κ1) is 8.68. The van der Waals surface area contributed by atoms with Crippen molar-refractivity contribution in [1.29, 1.82) is 0 Å². The van der Waals surface area contributed by atoms with Crippen molar-refractivity contribution < 1.29 is 4.89 Å². The molecule has 0 aromatic carbocycles. The SMILES string of the molecule is CCC(C)(C)P(O)Cl. The molecule has 0 aliphatic rings. The first-order valence-corrected chi connectivity index (χ1v) is 4.85. The third kappa shape index (κ3) is 2.30. The first-order valence-electron chi connectivity index (χ1n) is 2.65. The topological polar surface area (TPSA) is 20.2 Å². The number of halogens is 1. The molecule has 0 saturated heterocycles. The van der Waals surface area contributed by atoms with Gasteiger partial charge in [0.1, 0.15) is 7.50 Å². The van der Waals surface area contributed by atoms with E-state index in [0.717, 1.165) is 6.42 Å². The van der Waals surface area contributed by atoms with Crippen molar-refractivity contribution in [2.24, 2.45) is 0 Å². The third-order valence-electron chi connectivity index (χ3n) is 1.36. The van der Waals surface area contributed by atoms with Gasteiger partial charge in [-0.15, -0.1) is 0 Å². The summed E-state index contributed by atoms with van der Waals surface area (Å²) in [5, 5.41) is -0.0725. The van der Waals surface area contributed by atoms with Gasteiger partial charge in [0, 0.05) is 5.16 Å². The predicted molar refractivity (Wildman–Crippen MR) is 39.4 cm³/mol. The van der Waals surface area contributed by atoms with Crippen molar-refractivity contribution in [3.8, 4) is 0 Å². The van der Waals surface area contributed by atoms with Crippen LogP contribution in [-0.2, 0) is 0 Å². The molecule has 0 aliphatic carbocycles. The van der Waals surface area contributed by atoms with Crippen LogP contribution in [0.4, 0.5) is 0 Å². The van der Waals surface area contributed by atoms with E-state index in [4.69, 9.17) is 16.1 Å². The molecule has 0 aromatic heterocycles. The Morgan fingerprint density at radius 3 is 2.00 bits per heavy atom. The summed E-state index contributed by atoms with van der Waals surface area (Å²) in [6.45, 7) is 5.95. The maximum atomic E-state index is 8.91. The van der Waals surface area contributed by atoms with E-state index in [9.17, 15) is 0 Å². The van der Waals surface area contributed by atoms with E-state index < -0.39 is 7.50 Å². The van der Waals surface area contributed by atoms with Crippen LogP contribution in [0.1, 0.15) is 27.2 Å². The van der Waals surface area contributed by atoms with Crippen molar-refractivity contribution in [3.63, 3.8) is 0 Å². The third-order valence-corrected chi connectivity index (χ3v) is 4.05. The zero-order valence-corrected chi connectivity index (χ0v) is 7.13. The average molecular weight is 155 g/mol. The molecule has 0 aromatic rings. The molecule has 0 aliphatic heterocycles. The quantitative estimate of drug-likeness (QED) is 0.607. The van der Waals surface area contributed by atoms with Crippen LogP contribution in [0, 0.1) is 0 Å². The van der Waals surface area contributed by atoms with Crippen LogP contribution in [0.2, 0.25) is 0 Å². The highest BCUT2D eigenvalue weighted by Gasteiger charge is 2.23. The second kappa shape index (κ2) is 3.00. The van der Waals surface area contributed by atoms with Gasteiger partial charge < -0.3 is 4.89 Å². The maximum absolute atomic E-state index is 8.91. The molecule has 8 heavy (non-hydrogen) atoms. The molecular weight excluding hydrogens is 142 g/mol. The van der Waals surface area contributed by atoms with Gasteiger partial charge >= 0.3 is 0 Å². The predicted octanol–water partition coefficient (Wildman–Crippen LogP) is 2.72. The standard InChI is InChI=1S/C5H12ClOP/c1-4-5(2,3)8(6)7/h7H,4H2,1-3H3. The smallest absolute Gasteiger partial charge is 0.127 e. The highest BCUT2D eigenvalue weighted by Crippen LogP contribution is 2.51. The van der Waals surface area contributed by atoms with Crippen LogP contribution < -0.4 is 0 Å². The zero-order chi connectivity index (χ0) is 6.78. The Balaban J connectivity index is 3.71. The number of rotatable bonds is 2. The zero-order valence-electron chi connectivity index (χ0n) is 5.48. The molecule has 1 nitrogen and oxygen atoms in total. The van der Waals surface area contributed by atoms with Gasteiger partial charge in [0.05, 0.1) is 0 Å². The lowest BCUT2D eigenvalue weighted by Gasteiger charge is -2.22. The van der Waals surface area contributed by atoms with Gasteiger partial charge in [-0.1, -0.05) is 32.0 Å². The van der Waals surface area contributed by atoms with E-state index in [1.807, 2.05) is 20.8 Å². The molecule has 0 heterocycles. The Kier molecular flexibility index (Phi) is 3.26. The minimum atomic E-state index is -1.27. The Hall–Kier alpha value is 0.680. The summed E-state index contributed by atoms with van der Waals surface area (Å²) < 4.78 is 0. The molecule has 0 spiro atoms. The molecule has 1 N–H and O–H groups in total. The summed E-state index contributed by atoms with van der Waals surface area (Å²) in [7, 11) is -1.27. The molecule has 0 amide bonds. The van der Waals surface area contributed by atoms with Crippen LogP contribution in [0.3, 0.4) is 0 Å². The largest absolute Gasteiger partial charge is 0.359 e. The summed E-state index contributed by atoms with van der Waals surface area (Å²) in [4.78, 5) is 8.91. The van der Waals surface area contributed by atoms with E-state index in [2.05, 4.69) is 0 Å². The van der Waals surface area contributed by atoms with Gasteiger partial charge in [-0.3, -0.25) is 0 Å². The molecule has 3 heteroatoms. The van der Waals surface area contributed by atoms with Gasteiger partial charge in [-0.25, -0.2) is 0 Å². The van der Waals surface area contributed by atoms with Crippen molar-refractivity contribution in [2.45, 2.75) is 32.3 Å². The van der Waals surface area contributed by atoms with Gasteiger partial charge in [0.2, 0.25) is 0 Å². The fraction of sp³-hybridized carbons (Fsp3) is 1.00. The fourth-order valence-electron chi connectivity index (χ4n) is 0.130. The fourth-order valence-corrected chi connectivity index (χ4v) is 0.750. The summed E-state index contributed by atoms with van der Waals surface area (Å²) in [6.07, 6.45) is 0.929. The van der Waals surface area contributed by atoms with Gasteiger partial charge in [0.15, 0.2) is 0 Å². The van der Waals surface area contributed by atoms with Crippen molar-refractivity contribution >= 4 is 18.7 Å². The molecule has 0 fully saturated rings. The molecular formula is C5H12ClOP. The lowest BCUT2D eigenvalue weighted by molar-refractivity contribution is 0.565. The summed E-state index contributed by atoms with van der Waals surface area (Å²) in [5.41, 5.74) is 0. The molecule has 50 valence electrons. The molecule has 0 saturated carbocycles. The Morgan fingerprint density at radius 2 is 2.00 bits per heavy atom. The Bertz CT molecular complexity index is 72.8. The normalized spacial score (nSPS) is 16.1. The van der Waals surface area contributed by atoms with E-state index in [-0.39, 0.29) is 5.16 Å². The van der Waals surface area contributed by atoms with Crippen LogP contribution >= 0.6 is 18.7 Å². The average Bonchev–Trinajstić information content (AvgIpc) is 1.67. The van der Waals surface area contributed by atoms with Crippen LogP contribution in [0.15, 0.2) is 0 Å². The molecule has 0 radical (unpaired) electrons. The first-order chi connectivity index (χ1) is 3.50. The van der Waals surface area contributed by atoms with Gasteiger partial charge in [-0.2, -0.15) is 0 Å². The minimum Gasteiger partial charge on any atom is -0.359 e. The van der Waals surface area contributed by atoms with Crippen molar-refractivity contribution in [2.75, 3.05) is 0 Å². The van der Waals surface area contributed by atoms with Crippen LogP contribution in [0.25, 0.3) is 0 Å². The van der Waals surface area contributed by atoms with Crippen molar-refractivity contribution in [3.05, 3.63) is 0 Å². The van der Waals surface area contributed by atoms with Crippen LogP contribution in [0.5, 0.6) is 0 Å². The molecule has 1 unspecified atom stereocenters. The summed E-state index contributed by atoms with van der Waals surface area (Å²) in [5.74, 6) is 0. The van der Waals surface area contributed by atoms with Crippen LogP contribution in [-0.4, -0.2) is 10.0 Å². The van der Waals surface area contributed by atoms with Crippen molar-refractivity contribution in [1.82, 2.24) is 0 Å². The monoisotopic (exact) mass is 154 g/mol. The number of hydrogen-bond donors (Lipinski definition) is 1. The van der Waals surface area contributed by atoms with E-state index >= 15 is 0 Å². The summed E-state index contributed by atoms with van der Waals surface area (Å²) in [6, 6.07) is 0. The lowest BCUT2D eigenvalue weighted by Crippen LogP contribution is -2.12. The Morgan fingerprint density at radius 1 is 1.62 bits per heavy atom. The second-order valence-electron chi connectivity index (χ2n) is 2.43. The molecule has 0 rings (SSSR count). The molecule has 0 bridgehead atoms. The van der Waals surface area contributed by atoms with E-state index in [1.165, 1.54) is 0 Å². The van der Waals surface area contributed by atoms with Gasteiger partial charge in [0.25, 0.3) is 0 Å². The molecule has 1 atom stereocenters. The highest BCUT2D eigenvalue weighted by atomic mass is 35.7. The van der Waals surface area contributed by atoms with E-state index in [0.29, 0.717) is 0 Å². The lowest BCUT2D eigenvalue weighted by atomic mass is 10.1. The highest BCUT2D eigenvalue weighted by molar-refractivity contribution is 7.80. The van der Waals surface area contributed by atoms with E-state index in [1.54, 1.807) is 0 Å². The Labute approximate surface area is 56.7 Å².